The van der Waals surface area contributed by atoms with Crippen molar-refractivity contribution in [1.29, 1.82) is 0 Å². The molecule has 10 aromatic rings. The Morgan fingerprint density at radius 2 is 0.966 bits per heavy atom. The smallest absolute Gasteiger partial charge is 0.0949 e. The summed E-state index contributed by atoms with van der Waals surface area (Å²) in [5.74, 6) is 0.732. The van der Waals surface area contributed by atoms with Crippen LogP contribution in [0, 0.1) is 0 Å². The van der Waals surface area contributed by atoms with Crippen molar-refractivity contribution in [2.75, 3.05) is 9.80 Å². The van der Waals surface area contributed by atoms with Crippen molar-refractivity contribution < 1.29 is 0 Å². The lowest BCUT2D eigenvalue weighted by Gasteiger charge is -2.33. The predicted molar refractivity (Wildman–Crippen MR) is 374 cm³/mol. The first kappa shape index (κ1) is 56.6. The molecule has 0 radical (unpaired) electrons. The summed E-state index contributed by atoms with van der Waals surface area (Å²) < 4.78 is 8.01. The maximum Gasteiger partial charge on any atom is 0.0949 e. The second kappa shape index (κ2) is 20.7. The summed E-state index contributed by atoms with van der Waals surface area (Å²) in [5.41, 5.74) is 26.2. The van der Waals surface area contributed by atoms with E-state index in [0.29, 0.717) is 11.8 Å². The zero-order valence-corrected chi connectivity index (χ0v) is 54.3. The quantitative estimate of drug-likeness (QED) is 0.106. The SMILES string of the molecule is CC(C)c1ccc(N(c2ccc(C(C)(C)C)cc2)c2cc3c4c(c2)n2c5c(c6cccc(c62)n-4c2ccc(N(c4ccc(C(C)(C)C)cc4)c4ccc(C(C)(C)C)cc4)cc2n3-c2ccc(C(C)(C)C)cc2-c2ccccc2)SC2=CCCCC25)cc1. The molecule has 87 heavy (non-hydrogen) atoms. The Bertz CT molecular complexity index is 4540. The summed E-state index contributed by atoms with van der Waals surface area (Å²) in [6.07, 6.45) is 6.00. The van der Waals surface area contributed by atoms with Crippen molar-refractivity contribution in [3.8, 4) is 22.5 Å². The Balaban J connectivity index is 1.18. The van der Waals surface area contributed by atoms with Gasteiger partial charge >= 0.3 is 0 Å². The Hall–Kier alpha value is -8.19. The molecule has 1 aliphatic carbocycles. The first-order valence-electron chi connectivity index (χ1n) is 31.7. The molecule has 1 atom stereocenters. The molecule has 438 valence electrons. The molecule has 4 heterocycles. The molecule has 0 N–H and O–H groups in total. The molecular formula is C81H83N5S. The lowest BCUT2D eigenvalue weighted by molar-refractivity contribution is 0.590. The van der Waals surface area contributed by atoms with Crippen LogP contribution in [0.25, 0.3) is 61.0 Å². The van der Waals surface area contributed by atoms with E-state index in [-0.39, 0.29) is 21.7 Å². The highest BCUT2D eigenvalue weighted by Gasteiger charge is 2.38. The lowest BCUT2D eigenvalue weighted by atomic mass is 9.85. The van der Waals surface area contributed by atoms with Crippen LogP contribution < -0.4 is 9.80 Å². The molecule has 14 rings (SSSR count). The summed E-state index contributed by atoms with van der Waals surface area (Å²) >= 11 is 2.02. The van der Waals surface area contributed by atoms with Crippen LogP contribution in [0.4, 0.5) is 34.1 Å². The first-order chi connectivity index (χ1) is 41.5. The van der Waals surface area contributed by atoms with Gasteiger partial charge in [-0.1, -0.05) is 212 Å². The predicted octanol–water partition coefficient (Wildman–Crippen LogP) is 23.6. The fraction of sp³-hybridized carbons (Fsp3) is 0.284. The van der Waals surface area contributed by atoms with Gasteiger partial charge < -0.3 is 23.3 Å². The van der Waals surface area contributed by atoms with Gasteiger partial charge in [0, 0.05) is 55.9 Å². The molecule has 5 nitrogen and oxygen atoms in total. The summed E-state index contributed by atoms with van der Waals surface area (Å²) in [4.78, 5) is 7.91. The second-order valence-corrected chi connectivity index (χ2v) is 30.3. The number of allylic oxidation sites excluding steroid dienone is 2. The average molecular weight is 1160 g/mol. The minimum absolute atomic E-state index is 0.00249. The number of fused-ring (bicyclic) bond motifs is 9. The van der Waals surface area contributed by atoms with E-state index < -0.39 is 0 Å². The fourth-order valence-electron chi connectivity index (χ4n) is 13.9. The maximum absolute atomic E-state index is 2.73. The van der Waals surface area contributed by atoms with Crippen molar-refractivity contribution in [1.82, 2.24) is 13.5 Å². The van der Waals surface area contributed by atoms with Crippen molar-refractivity contribution in [2.45, 2.75) is 155 Å². The molecule has 1 aromatic heterocycles. The summed E-state index contributed by atoms with van der Waals surface area (Å²) in [6.45, 7) is 32.3. The Morgan fingerprint density at radius 1 is 0.448 bits per heavy atom. The van der Waals surface area contributed by atoms with Crippen molar-refractivity contribution >= 4 is 84.4 Å². The van der Waals surface area contributed by atoms with Gasteiger partial charge in [-0.2, -0.15) is 0 Å². The summed E-state index contributed by atoms with van der Waals surface area (Å²) in [6, 6.07) is 75.1. The molecular weight excluding hydrogens is 1070 g/mol. The van der Waals surface area contributed by atoms with Crippen molar-refractivity contribution in [3.63, 3.8) is 0 Å². The van der Waals surface area contributed by atoms with Gasteiger partial charge in [0.15, 0.2) is 0 Å². The van der Waals surface area contributed by atoms with E-state index in [0.717, 1.165) is 69.2 Å². The Labute approximate surface area is 520 Å². The van der Waals surface area contributed by atoms with E-state index in [1.807, 2.05) is 11.8 Å². The van der Waals surface area contributed by atoms with E-state index >= 15 is 0 Å². The highest BCUT2D eigenvalue weighted by atomic mass is 32.2. The third-order valence-corrected chi connectivity index (χ3v) is 20.2. The monoisotopic (exact) mass is 1160 g/mol. The van der Waals surface area contributed by atoms with Gasteiger partial charge in [-0.25, -0.2) is 0 Å². The van der Waals surface area contributed by atoms with Crippen LogP contribution >= 0.6 is 11.8 Å². The molecule has 0 amide bonds. The van der Waals surface area contributed by atoms with Crippen molar-refractivity contribution in [2.24, 2.45) is 0 Å². The largest absolute Gasteiger partial charge is 0.310 e. The molecule has 0 spiro atoms. The minimum atomic E-state index is -0.0982. The van der Waals surface area contributed by atoms with E-state index in [9.17, 15) is 0 Å². The highest BCUT2D eigenvalue weighted by Crippen LogP contribution is 2.58. The average Bonchev–Trinajstić information content (AvgIpc) is 1.63. The van der Waals surface area contributed by atoms with Gasteiger partial charge in [0.2, 0.25) is 0 Å². The Kier molecular flexibility index (Phi) is 13.5. The topological polar surface area (TPSA) is 20.8 Å². The number of benzene rings is 9. The summed E-state index contributed by atoms with van der Waals surface area (Å²) in [5, 5.41) is 1.33. The van der Waals surface area contributed by atoms with Crippen molar-refractivity contribution in [3.05, 3.63) is 239 Å². The normalized spacial score (nSPS) is 14.9. The number of nitrogens with zero attached hydrogens (tertiary/aromatic N) is 5. The standard InChI is InChI=1S/C81H83N5S/c1-51(2)52-27-36-58(37-28-52)83(61-42-33-56(34-43-61)80(9,10)11)63-49-71-76-72(50-63)86-74-65(77-75(86)64-23-18-19-26-73(64)87-77)24-20-25-69(74)85(76)68-46-44-62(48-70(68)84(71)67-45-35-57(81(12,13)14)47-66(67)53-21-16-15-17-22-53)82(59-38-29-54(30-39-59)78(3,4)5)60-40-31-55(32-41-60)79(6,7)8/h15-17,20-22,24-51,64H,18-19,23H2,1-14H3. The summed E-state index contributed by atoms with van der Waals surface area (Å²) in [7, 11) is 0. The molecule has 3 aliphatic heterocycles. The van der Waals surface area contributed by atoms with Crippen LogP contribution in [0.15, 0.2) is 210 Å². The molecule has 9 aromatic carbocycles. The van der Waals surface area contributed by atoms with Crippen LogP contribution in [0.5, 0.6) is 0 Å². The van der Waals surface area contributed by atoms with Crippen LogP contribution in [0.1, 0.15) is 162 Å². The van der Waals surface area contributed by atoms with Gasteiger partial charge in [0.1, 0.15) is 0 Å². The fourth-order valence-corrected chi connectivity index (χ4v) is 15.3. The highest BCUT2D eigenvalue weighted by molar-refractivity contribution is 8.03. The van der Waals surface area contributed by atoms with Gasteiger partial charge in [0.05, 0.1) is 50.2 Å². The van der Waals surface area contributed by atoms with Crippen LogP contribution in [0.3, 0.4) is 0 Å². The van der Waals surface area contributed by atoms with Crippen LogP contribution in [-0.4, -0.2) is 13.5 Å². The second-order valence-electron chi connectivity index (χ2n) is 29.2. The van der Waals surface area contributed by atoms with Gasteiger partial charge in [-0.3, -0.25) is 0 Å². The van der Waals surface area contributed by atoms with E-state index in [2.05, 4.69) is 320 Å². The van der Waals surface area contributed by atoms with E-state index in [1.54, 1.807) is 0 Å². The lowest BCUT2D eigenvalue weighted by Crippen LogP contribution is -2.18. The molecule has 0 fully saturated rings. The molecule has 6 heteroatoms. The first-order valence-corrected chi connectivity index (χ1v) is 32.5. The zero-order chi connectivity index (χ0) is 60.6. The number of rotatable bonds is 9. The number of hydrogen-bond acceptors (Lipinski definition) is 3. The minimum Gasteiger partial charge on any atom is -0.310 e. The number of aromatic nitrogens is 3. The molecule has 0 bridgehead atoms. The maximum atomic E-state index is 2.73. The van der Waals surface area contributed by atoms with Gasteiger partial charge in [-0.05, 0) is 182 Å². The van der Waals surface area contributed by atoms with E-state index in [4.69, 9.17) is 0 Å². The van der Waals surface area contributed by atoms with Crippen LogP contribution in [0.2, 0.25) is 0 Å². The third-order valence-electron chi connectivity index (χ3n) is 18.8. The number of anilines is 6. The number of para-hydroxylation sites is 1. The third kappa shape index (κ3) is 9.69. The molecule has 0 saturated heterocycles. The molecule has 4 aliphatic rings. The zero-order valence-electron chi connectivity index (χ0n) is 53.5. The van der Waals surface area contributed by atoms with Crippen LogP contribution in [-0.2, 0) is 21.7 Å². The number of thioether (sulfide) groups is 1. The number of hydrogen-bond donors (Lipinski definition) is 0. The van der Waals surface area contributed by atoms with E-state index in [1.165, 1.54) is 88.5 Å². The van der Waals surface area contributed by atoms with Gasteiger partial charge in [-0.15, -0.1) is 0 Å². The van der Waals surface area contributed by atoms with Gasteiger partial charge in [0.25, 0.3) is 0 Å². The molecule has 1 unspecified atom stereocenters. The molecule has 0 saturated carbocycles. The Morgan fingerprint density at radius 3 is 1.53 bits per heavy atom.